The Hall–Kier alpha value is -2.51. The molecule has 1 amide bonds. The number of carbonyl (C=O) groups excluding carboxylic acids is 1. The minimum absolute atomic E-state index is 0.0132. The summed E-state index contributed by atoms with van der Waals surface area (Å²) in [5.41, 5.74) is -0.0573. The summed E-state index contributed by atoms with van der Waals surface area (Å²) in [6, 6.07) is 7.24. The Morgan fingerprint density at radius 2 is 2.12 bits per heavy atom. The van der Waals surface area contributed by atoms with Gasteiger partial charge in [0, 0.05) is 44.6 Å². The van der Waals surface area contributed by atoms with Gasteiger partial charge in [-0.15, -0.1) is 0 Å². The van der Waals surface area contributed by atoms with E-state index in [0.29, 0.717) is 38.2 Å². The number of amides is 1. The first-order chi connectivity index (χ1) is 12.4. The molecule has 3 rings (SSSR count). The number of benzene rings is 1. The fraction of sp³-hybridized carbons (Fsp3) is 0.444. The van der Waals surface area contributed by atoms with Crippen molar-refractivity contribution in [2.24, 2.45) is 5.92 Å². The summed E-state index contributed by atoms with van der Waals surface area (Å²) in [4.78, 5) is 13.5. The van der Waals surface area contributed by atoms with E-state index in [0.717, 1.165) is 11.9 Å². The molecule has 1 aromatic carbocycles. The van der Waals surface area contributed by atoms with Crippen molar-refractivity contribution >= 4 is 11.7 Å². The molecule has 0 saturated carbocycles. The average Bonchev–Trinajstić information content (AvgIpc) is 3.08. The molecule has 1 atom stereocenters. The van der Waals surface area contributed by atoms with Gasteiger partial charge in [-0.2, -0.15) is 18.3 Å². The molecule has 0 radical (unpaired) electrons. The van der Waals surface area contributed by atoms with E-state index in [1.54, 1.807) is 19.2 Å². The summed E-state index contributed by atoms with van der Waals surface area (Å²) in [7, 11) is 0. The van der Waals surface area contributed by atoms with Gasteiger partial charge in [0.2, 0.25) is 5.91 Å². The molecule has 1 unspecified atom stereocenters. The van der Waals surface area contributed by atoms with Gasteiger partial charge in [0.1, 0.15) is 5.82 Å². The zero-order chi connectivity index (χ0) is 18.7. The van der Waals surface area contributed by atoms with Crippen molar-refractivity contribution in [3.8, 4) is 0 Å². The Balaban J connectivity index is 1.75. The van der Waals surface area contributed by atoms with Crippen LogP contribution in [0.4, 0.5) is 19.0 Å². The lowest BCUT2D eigenvalue weighted by atomic mass is 10.1. The number of halogens is 3. The van der Waals surface area contributed by atoms with Crippen LogP contribution in [-0.4, -0.2) is 28.8 Å². The lowest BCUT2D eigenvalue weighted by Crippen LogP contribution is -2.43. The summed E-state index contributed by atoms with van der Waals surface area (Å²) < 4.78 is 40.7. The summed E-state index contributed by atoms with van der Waals surface area (Å²) in [6.07, 6.45) is -2.25. The quantitative estimate of drug-likeness (QED) is 0.885. The van der Waals surface area contributed by atoms with E-state index < -0.39 is 11.7 Å². The topological polar surface area (TPSA) is 50.2 Å². The number of rotatable bonds is 5. The van der Waals surface area contributed by atoms with E-state index in [9.17, 15) is 18.0 Å². The molecule has 8 heteroatoms. The standard InChI is InChI=1S/C18H21F3N4O/c1-2-16(26)22-9-14-11-24(17-6-7-23-25(17)12-14)10-13-4-3-5-15(8-13)18(19,20)21/h3-8,14H,2,9-12H2,1H3,(H,22,26). The van der Waals surface area contributed by atoms with E-state index in [4.69, 9.17) is 0 Å². The molecule has 1 aromatic heterocycles. The predicted octanol–water partition coefficient (Wildman–Crippen LogP) is 3.06. The van der Waals surface area contributed by atoms with Gasteiger partial charge >= 0.3 is 6.18 Å². The van der Waals surface area contributed by atoms with Gasteiger partial charge in [-0.25, -0.2) is 4.68 Å². The summed E-state index contributed by atoms with van der Waals surface area (Å²) in [6.45, 7) is 3.98. The summed E-state index contributed by atoms with van der Waals surface area (Å²) in [5.74, 6) is 1.00. The van der Waals surface area contributed by atoms with Crippen LogP contribution in [0.25, 0.3) is 0 Å². The van der Waals surface area contributed by atoms with Gasteiger partial charge in [0.25, 0.3) is 0 Å². The Morgan fingerprint density at radius 3 is 2.85 bits per heavy atom. The smallest absolute Gasteiger partial charge is 0.356 e. The Bertz CT molecular complexity index is 772. The normalized spacial score (nSPS) is 17.1. The largest absolute Gasteiger partial charge is 0.416 e. The molecule has 2 aromatic rings. The zero-order valence-electron chi connectivity index (χ0n) is 14.5. The minimum atomic E-state index is -4.35. The van der Waals surface area contributed by atoms with Gasteiger partial charge in [0.15, 0.2) is 0 Å². The molecule has 0 spiro atoms. The lowest BCUT2D eigenvalue weighted by Gasteiger charge is -2.35. The van der Waals surface area contributed by atoms with Gasteiger partial charge in [-0.05, 0) is 17.7 Å². The van der Waals surface area contributed by atoms with Gasteiger partial charge < -0.3 is 10.2 Å². The second-order valence-electron chi connectivity index (χ2n) is 6.47. The fourth-order valence-electron chi connectivity index (χ4n) is 3.17. The highest BCUT2D eigenvalue weighted by Gasteiger charge is 2.31. The van der Waals surface area contributed by atoms with Crippen LogP contribution in [0.2, 0.25) is 0 Å². The highest BCUT2D eigenvalue weighted by Crippen LogP contribution is 2.31. The highest BCUT2D eigenvalue weighted by molar-refractivity contribution is 5.75. The maximum Gasteiger partial charge on any atom is 0.416 e. The number of aromatic nitrogens is 2. The number of hydrogen-bond acceptors (Lipinski definition) is 3. The third kappa shape index (κ3) is 4.17. The van der Waals surface area contributed by atoms with E-state index in [1.807, 2.05) is 15.6 Å². The van der Waals surface area contributed by atoms with Gasteiger partial charge in [-0.3, -0.25) is 4.79 Å². The van der Waals surface area contributed by atoms with E-state index >= 15 is 0 Å². The third-order valence-electron chi connectivity index (χ3n) is 4.46. The first-order valence-electron chi connectivity index (χ1n) is 8.56. The van der Waals surface area contributed by atoms with Crippen LogP contribution in [0.5, 0.6) is 0 Å². The fourth-order valence-corrected chi connectivity index (χ4v) is 3.17. The maximum atomic E-state index is 12.9. The minimum Gasteiger partial charge on any atom is -0.356 e. The first-order valence-corrected chi connectivity index (χ1v) is 8.56. The number of anilines is 1. The highest BCUT2D eigenvalue weighted by atomic mass is 19.4. The van der Waals surface area contributed by atoms with Crippen molar-refractivity contribution in [3.63, 3.8) is 0 Å². The summed E-state index contributed by atoms with van der Waals surface area (Å²) >= 11 is 0. The number of carbonyl (C=O) groups is 1. The number of nitrogens with one attached hydrogen (secondary N) is 1. The van der Waals surface area contributed by atoms with Crippen molar-refractivity contribution in [2.75, 3.05) is 18.0 Å². The lowest BCUT2D eigenvalue weighted by molar-refractivity contribution is -0.137. The van der Waals surface area contributed by atoms with Crippen LogP contribution in [0, 0.1) is 5.92 Å². The molecule has 1 aliphatic rings. The third-order valence-corrected chi connectivity index (χ3v) is 4.46. The molecule has 26 heavy (non-hydrogen) atoms. The number of nitrogens with zero attached hydrogens (tertiary/aromatic N) is 3. The molecule has 1 aliphatic heterocycles. The van der Waals surface area contributed by atoms with Crippen molar-refractivity contribution < 1.29 is 18.0 Å². The molecule has 0 fully saturated rings. The molecule has 5 nitrogen and oxygen atoms in total. The SMILES string of the molecule is CCC(=O)NCC1CN(Cc2cccc(C(F)(F)F)c2)c2ccnn2C1. The Kier molecular flexibility index (Phi) is 5.20. The Labute approximate surface area is 149 Å². The van der Waals surface area contributed by atoms with Crippen molar-refractivity contribution in [1.29, 1.82) is 0 Å². The van der Waals surface area contributed by atoms with Crippen LogP contribution in [0.1, 0.15) is 24.5 Å². The average molecular weight is 366 g/mol. The number of alkyl halides is 3. The van der Waals surface area contributed by atoms with Crippen LogP contribution >= 0.6 is 0 Å². The van der Waals surface area contributed by atoms with Crippen LogP contribution in [0.3, 0.4) is 0 Å². The molecule has 140 valence electrons. The van der Waals surface area contributed by atoms with Crippen molar-refractivity contribution in [3.05, 3.63) is 47.7 Å². The van der Waals surface area contributed by atoms with Crippen molar-refractivity contribution in [1.82, 2.24) is 15.1 Å². The molecule has 1 N–H and O–H groups in total. The Morgan fingerprint density at radius 1 is 1.31 bits per heavy atom. The van der Waals surface area contributed by atoms with E-state index in [2.05, 4.69) is 10.4 Å². The van der Waals surface area contributed by atoms with Crippen molar-refractivity contribution in [2.45, 2.75) is 32.6 Å². The van der Waals surface area contributed by atoms with E-state index in [1.165, 1.54) is 12.1 Å². The predicted molar refractivity (Wildman–Crippen MR) is 91.5 cm³/mol. The molecular formula is C18H21F3N4O. The monoisotopic (exact) mass is 366 g/mol. The molecule has 2 heterocycles. The maximum absolute atomic E-state index is 12.9. The summed E-state index contributed by atoms with van der Waals surface area (Å²) in [5, 5.41) is 7.17. The zero-order valence-corrected chi connectivity index (χ0v) is 14.5. The molecule has 0 aliphatic carbocycles. The number of fused-ring (bicyclic) bond motifs is 1. The van der Waals surface area contributed by atoms with Gasteiger partial charge in [-0.1, -0.05) is 19.1 Å². The van der Waals surface area contributed by atoms with Gasteiger partial charge in [0.05, 0.1) is 11.8 Å². The van der Waals surface area contributed by atoms with Crippen LogP contribution in [0.15, 0.2) is 36.5 Å². The molecular weight excluding hydrogens is 345 g/mol. The van der Waals surface area contributed by atoms with Crippen LogP contribution in [-0.2, 0) is 24.1 Å². The van der Waals surface area contributed by atoms with E-state index in [-0.39, 0.29) is 11.8 Å². The molecule has 0 bridgehead atoms. The number of hydrogen-bond donors (Lipinski definition) is 1. The molecule has 0 saturated heterocycles. The first kappa shape index (κ1) is 18.3. The second-order valence-corrected chi connectivity index (χ2v) is 6.47. The second kappa shape index (κ2) is 7.39. The van der Waals surface area contributed by atoms with Crippen LogP contribution < -0.4 is 10.2 Å².